The fraction of sp³-hybridized carbons (Fsp3) is 0.0714. The number of nitrogens with one attached hydrogen (secondary N) is 1. The fourth-order valence-electron chi connectivity index (χ4n) is 1.51. The Kier molecular flexibility index (Phi) is 3.06. The number of nitrogens with zero attached hydrogens (tertiary/aromatic N) is 1. The molecular formula is C14H11FN2. The summed E-state index contributed by atoms with van der Waals surface area (Å²) in [6.45, 7) is 1.91. The lowest BCUT2D eigenvalue weighted by molar-refractivity contribution is 0.628. The van der Waals surface area contributed by atoms with E-state index in [9.17, 15) is 4.39 Å². The maximum atomic E-state index is 13.1. The minimum absolute atomic E-state index is 0.272. The van der Waals surface area contributed by atoms with Crippen molar-refractivity contribution in [3.8, 4) is 6.07 Å². The summed E-state index contributed by atoms with van der Waals surface area (Å²) < 4.78 is 13.1. The van der Waals surface area contributed by atoms with Gasteiger partial charge in [0, 0.05) is 11.4 Å². The molecule has 2 nitrogen and oxygen atoms in total. The molecule has 2 aromatic rings. The monoisotopic (exact) mass is 226 g/mol. The second-order valence-corrected chi connectivity index (χ2v) is 3.77. The molecule has 0 saturated carbocycles. The van der Waals surface area contributed by atoms with E-state index in [0.29, 0.717) is 5.56 Å². The lowest BCUT2D eigenvalue weighted by atomic mass is 10.1. The fourth-order valence-corrected chi connectivity index (χ4v) is 1.51. The number of benzene rings is 2. The first kappa shape index (κ1) is 11.2. The third-order valence-electron chi connectivity index (χ3n) is 2.49. The van der Waals surface area contributed by atoms with Crippen molar-refractivity contribution >= 4 is 11.4 Å². The first-order valence-corrected chi connectivity index (χ1v) is 5.22. The van der Waals surface area contributed by atoms with Crippen molar-refractivity contribution in [3.63, 3.8) is 0 Å². The third-order valence-corrected chi connectivity index (χ3v) is 2.49. The quantitative estimate of drug-likeness (QED) is 0.846. The normalized spacial score (nSPS) is 9.71. The molecule has 2 rings (SSSR count). The van der Waals surface area contributed by atoms with Crippen LogP contribution in [0.3, 0.4) is 0 Å². The Bertz CT molecular complexity index is 568. The van der Waals surface area contributed by atoms with Crippen molar-refractivity contribution in [1.82, 2.24) is 0 Å². The van der Waals surface area contributed by atoms with Crippen molar-refractivity contribution < 1.29 is 4.39 Å². The molecule has 0 bridgehead atoms. The number of rotatable bonds is 2. The molecule has 0 fully saturated rings. The molecule has 0 aliphatic rings. The maximum absolute atomic E-state index is 13.1. The van der Waals surface area contributed by atoms with Crippen molar-refractivity contribution in [3.05, 3.63) is 59.4 Å². The molecule has 0 amide bonds. The number of anilines is 2. The second-order valence-electron chi connectivity index (χ2n) is 3.77. The predicted molar refractivity (Wildman–Crippen MR) is 65.6 cm³/mol. The van der Waals surface area contributed by atoms with E-state index < -0.39 is 0 Å². The van der Waals surface area contributed by atoms with Gasteiger partial charge in [0.1, 0.15) is 5.82 Å². The van der Waals surface area contributed by atoms with E-state index in [2.05, 4.69) is 11.4 Å². The topological polar surface area (TPSA) is 35.8 Å². The van der Waals surface area contributed by atoms with Gasteiger partial charge in [-0.05, 0) is 48.9 Å². The lowest BCUT2D eigenvalue weighted by Crippen LogP contribution is -1.93. The van der Waals surface area contributed by atoms with E-state index in [1.165, 1.54) is 12.1 Å². The molecule has 0 spiro atoms. The average molecular weight is 226 g/mol. The summed E-state index contributed by atoms with van der Waals surface area (Å²) >= 11 is 0. The summed E-state index contributed by atoms with van der Waals surface area (Å²) in [6.07, 6.45) is 0. The molecule has 0 radical (unpaired) electrons. The van der Waals surface area contributed by atoms with E-state index in [1.54, 1.807) is 30.3 Å². The first-order chi connectivity index (χ1) is 8.19. The van der Waals surface area contributed by atoms with Crippen LogP contribution in [0.4, 0.5) is 15.8 Å². The summed E-state index contributed by atoms with van der Waals surface area (Å²) in [5.41, 5.74) is 3.13. The number of aryl methyl sites for hydroxylation is 1. The molecule has 1 N–H and O–H groups in total. The Hall–Kier alpha value is -2.34. The van der Waals surface area contributed by atoms with Crippen LogP contribution in [0.25, 0.3) is 0 Å². The van der Waals surface area contributed by atoms with Gasteiger partial charge in [-0.25, -0.2) is 4.39 Å². The van der Waals surface area contributed by atoms with Gasteiger partial charge in [-0.1, -0.05) is 6.07 Å². The smallest absolute Gasteiger partial charge is 0.125 e. The minimum Gasteiger partial charge on any atom is -0.355 e. The highest BCUT2D eigenvalue weighted by Crippen LogP contribution is 2.21. The van der Waals surface area contributed by atoms with Crippen LogP contribution in [0, 0.1) is 24.1 Å². The highest BCUT2D eigenvalue weighted by Gasteiger charge is 2.01. The van der Waals surface area contributed by atoms with Gasteiger partial charge in [-0.2, -0.15) is 5.26 Å². The molecule has 2 aromatic carbocycles. The molecule has 0 aromatic heterocycles. The average Bonchev–Trinajstić information content (AvgIpc) is 2.35. The van der Waals surface area contributed by atoms with Gasteiger partial charge in [-0.15, -0.1) is 0 Å². The molecule has 0 heterocycles. The molecule has 0 atom stereocenters. The van der Waals surface area contributed by atoms with Crippen LogP contribution >= 0.6 is 0 Å². The Morgan fingerprint density at radius 3 is 2.47 bits per heavy atom. The second kappa shape index (κ2) is 4.67. The third kappa shape index (κ3) is 2.61. The first-order valence-electron chi connectivity index (χ1n) is 5.22. The van der Waals surface area contributed by atoms with Crippen molar-refractivity contribution in [1.29, 1.82) is 5.26 Å². The van der Waals surface area contributed by atoms with Gasteiger partial charge in [0.2, 0.25) is 0 Å². The van der Waals surface area contributed by atoms with Crippen LogP contribution in [0.2, 0.25) is 0 Å². The molecule has 0 aliphatic heterocycles. The van der Waals surface area contributed by atoms with E-state index >= 15 is 0 Å². The summed E-state index contributed by atoms with van der Waals surface area (Å²) in [5.74, 6) is -0.272. The summed E-state index contributed by atoms with van der Waals surface area (Å²) in [7, 11) is 0. The van der Waals surface area contributed by atoms with Crippen molar-refractivity contribution in [2.75, 3.05) is 5.32 Å². The predicted octanol–water partition coefficient (Wildman–Crippen LogP) is 3.75. The Labute approximate surface area is 99.3 Å². The maximum Gasteiger partial charge on any atom is 0.125 e. The highest BCUT2D eigenvalue weighted by molar-refractivity contribution is 5.63. The van der Waals surface area contributed by atoms with Gasteiger partial charge in [0.15, 0.2) is 0 Å². The van der Waals surface area contributed by atoms with Crippen LogP contribution in [0.15, 0.2) is 42.5 Å². The Morgan fingerprint density at radius 1 is 1.12 bits per heavy atom. The zero-order valence-electron chi connectivity index (χ0n) is 9.37. The lowest BCUT2D eigenvalue weighted by Gasteiger charge is -2.09. The van der Waals surface area contributed by atoms with E-state index in [-0.39, 0.29) is 5.82 Å². The number of nitriles is 1. The zero-order valence-corrected chi connectivity index (χ0v) is 9.37. The van der Waals surface area contributed by atoms with E-state index in [1.807, 2.05) is 6.92 Å². The van der Waals surface area contributed by atoms with Gasteiger partial charge in [-0.3, -0.25) is 0 Å². The molecular weight excluding hydrogens is 215 g/mol. The summed E-state index contributed by atoms with van der Waals surface area (Å²) in [4.78, 5) is 0. The van der Waals surface area contributed by atoms with Crippen molar-refractivity contribution in [2.45, 2.75) is 6.92 Å². The summed E-state index contributed by atoms with van der Waals surface area (Å²) in [5, 5.41) is 11.8. The largest absolute Gasteiger partial charge is 0.355 e. The van der Waals surface area contributed by atoms with E-state index in [4.69, 9.17) is 5.26 Å². The summed E-state index contributed by atoms with van der Waals surface area (Å²) in [6, 6.07) is 13.7. The SMILES string of the molecule is Cc1ccc(F)cc1Nc1ccc(C#N)cc1. The number of halogens is 1. The molecule has 0 aliphatic carbocycles. The Morgan fingerprint density at radius 2 is 1.82 bits per heavy atom. The van der Waals surface area contributed by atoms with Crippen LogP contribution in [0.1, 0.15) is 11.1 Å². The molecule has 0 saturated heterocycles. The highest BCUT2D eigenvalue weighted by atomic mass is 19.1. The molecule has 84 valence electrons. The number of hydrogen-bond donors (Lipinski definition) is 1. The van der Waals surface area contributed by atoms with E-state index in [0.717, 1.165) is 16.9 Å². The van der Waals surface area contributed by atoms with Crippen LogP contribution in [0.5, 0.6) is 0 Å². The molecule has 0 unspecified atom stereocenters. The molecule has 3 heteroatoms. The van der Waals surface area contributed by atoms with Crippen LogP contribution in [-0.4, -0.2) is 0 Å². The van der Waals surface area contributed by atoms with Gasteiger partial charge in [0.05, 0.1) is 11.6 Å². The van der Waals surface area contributed by atoms with Gasteiger partial charge >= 0.3 is 0 Å². The van der Waals surface area contributed by atoms with Crippen LogP contribution in [-0.2, 0) is 0 Å². The minimum atomic E-state index is -0.272. The van der Waals surface area contributed by atoms with Crippen molar-refractivity contribution in [2.24, 2.45) is 0 Å². The zero-order chi connectivity index (χ0) is 12.3. The number of hydrogen-bond acceptors (Lipinski definition) is 2. The van der Waals surface area contributed by atoms with Crippen LogP contribution < -0.4 is 5.32 Å². The molecule has 17 heavy (non-hydrogen) atoms. The standard InChI is InChI=1S/C14H11FN2/c1-10-2-5-12(15)8-14(10)17-13-6-3-11(9-16)4-7-13/h2-8,17H,1H3. The Balaban J connectivity index is 2.25. The van der Waals surface area contributed by atoms with Gasteiger partial charge < -0.3 is 5.32 Å². The van der Waals surface area contributed by atoms with Gasteiger partial charge in [0.25, 0.3) is 0 Å².